The fraction of sp³-hybridized carbons (Fsp3) is 0. The van der Waals surface area contributed by atoms with E-state index < -0.39 is 0 Å². The van der Waals surface area contributed by atoms with Crippen molar-refractivity contribution in [3.8, 4) is 44.5 Å². The zero-order chi connectivity index (χ0) is 41.0. The lowest BCUT2D eigenvalue weighted by Crippen LogP contribution is -2.13. The number of hydrogen-bond acceptors (Lipinski definition) is 2. The van der Waals surface area contributed by atoms with Gasteiger partial charge in [0.2, 0.25) is 0 Å². The summed E-state index contributed by atoms with van der Waals surface area (Å²) in [4.78, 5) is 2.49. The molecule has 62 heavy (non-hydrogen) atoms. The predicted octanol–water partition coefficient (Wildman–Crippen LogP) is 17.2. The van der Waals surface area contributed by atoms with Gasteiger partial charge in [0.1, 0.15) is 11.2 Å². The van der Waals surface area contributed by atoms with E-state index in [4.69, 9.17) is 4.42 Å². The van der Waals surface area contributed by atoms with Crippen LogP contribution in [0.2, 0.25) is 0 Å². The second-order valence-corrected chi connectivity index (χ2v) is 16.0. The van der Waals surface area contributed by atoms with Gasteiger partial charge in [-0.05, 0) is 96.5 Å². The maximum absolute atomic E-state index is 6.48. The van der Waals surface area contributed by atoms with Gasteiger partial charge in [0.05, 0.1) is 17.1 Å². The van der Waals surface area contributed by atoms with E-state index in [0.717, 1.165) is 61.3 Å². The van der Waals surface area contributed by atoms with Crippen LogP contribution in [-0.2, 0) is 0 Å². The van der Waals surface area contributed by atoms with Crippen LogP contribution >= 0.6 is 0 Å². The molecule has 0 saturated heterocycles. The first-order valence-electron chi connectivity index (χ1n) is 21.3. The summed E-state index contributed by atoms with van der Waals surface area (Å²) in [6.45, 7) is 0. The minimum absolute atomic E-state index is 0.873. The molecule has 0 saturated carbocycles. The Balaban J connectivity index is 1.14. The van der Waals surface area contributed by atoms with Crippen molar-refractivity contribution in [3.63, 3.8) is 0 Å². The molecule has 1 aromatic heterocycles. The third-order valence-electron chi connectivity index (χ3n) is 12.5. The van der Waals surface area contributed by atoms with Gasteiger partial charge < -0.3 is 9.32 Å². The highest BCUT2D eigenvalue weighted by Gasteiger charge is 2.25. The summed E-state index contributed by atoms with van der Waals surface area (Å²) in [6, 6.07) is 85.7. The van der Waals surface area contributed by atoms with Crippen LogP contribution < -0.4 is 4.90 Å². The highest BCUT2D eigenvalue weighted by molar-refractivity contribution is 6.14. The molecule has 0 aliphatic heterocycles. The van der Waals surface area contributed by atoms with Gasteiger partial charge in [0.25, 0.3) is 0 Å². The third kappa shape index (κ3) is 5.88. The van der Waals surface area contributed by atoms with E-state index in [2.05, 4.69) is 229 Å². The molecule has 2 heteroatoms. The van der Waals surface area contributed by atoms with Gasteiger partial charge in [-0.2, -0.15) is 0 Å². The average molecular weight is 790 g/mol. The summed E-state index contributed by atoms with van der Waals surface area (Å²) in [5, 5.41) is 9.62. The van der Waals surface area contributed by atoms with Crippen molar-refractivity contribution in [2.45, 2.75) is 0 Å². The second kappa shape index (κ2) is 14.8. The van der Waals surface area contributed by atoms with E-state index in [9.17, 15) is 0 Å². The number of fused-ring (bicyclic) bond motifs is 7. The van der Waals surface area contributed by atoms with E-state index in [1.54, 1.807) is 0 Å². The lowest BCUT2D eigenvalue weighted by atomic mass is 9.90. The molecule has 0 atom stereocenters. The zero-order valence-corrected chi connectivity index (χ0v) is 33.9. The lowest BCUT2D eigenvalue weighted by Gasteiger charge is -2.32. The molecule has 0 aliphatic rings. The molecule has 290 valence electrons. The van der Waals surface area contributed by atoms with Gasteiger partial charge in [-0.15, -0.1) is 0 Å². The molecule has 1 heterocycles. The van der Waals surface area contributed by atoms with Crippen LogP contribution in [-0.4, -0.2) is 0 Å². The molecule has 0 amide bonds. The molecule has 0 unspecified atom stereocenters. The van der Waals surface area contributed by atoms with Crippen molar-refractivity contribution in [2.75, 3.05) is 4.90 Å². The highest BCUT2D eigenvalue weighted by Crippen LogP contribution is 2.50. The van der Waals surface area contributed by atoms with Crippen LogP contribution in [0.4, 0.5) is 17.1 Å². The molecule has 12 rings (SSSR count). The Morgan fingerprint density at radius 2 is 0.774 bits per heavy atom. The van der Waals surface area contributed by atoms with E-state index in [1.807, 2.05) is 12.1 Å². The molecule has 0 spiro atoms. The van der Waals surface area contributed by atoms with Gasteiger partial charge in [-0.25, -0.2) is 0 Å². The fourth-order valence-electron chi connectivity index (χ4n) is 9.69. The predicted molar refractivity (Wildman–Crippen MR) is 263 cm³/mol. The quantitative estimate of drug-likeness (QED) is 0.150. The van der Waals surface area contributed by atoms with Crippen molar-refractivity contribution in [1.29, 1.82) is 0 Å². The SMILES string of the molecule is c1ccc(-c2cccc3cccc(-c4ccccc4N(c4ccccc4-c4ccc5c(c4)oc4ccccc45)c4ccccc4-c4cccc5c4ccc4ccccc45)c23)cc1. The van der Waals surface area contributed by atoms with E-state index in [0.29, 0.717) is 0 Å². The van der Waals surface area contributed by atoms with E-state index >= 15 is 0 Å². The van der Waals surface area contributed by atoms with E-state index in [1.165, 1.54) is 54.6 Å². The number of para-hydroxylation sites is 4. The van der Waals surface area contributed by atoms with Gasteiger partial charge in [0, 0.05) is 27.5 Å². The number of benzene rings is 11. The van der Waals surface area contributed by atoms with E-state index in [-0.39, 0.29) is 0 Å². The molecule has 0 aliphatic carbocycles. The number of nitrogens with zero attached hydrogens (tertiary/aromatic N) is 1. The second-order valence-electron chi connectivity index (χ2n) is 16.0. The summed E-state index contributed by atoms with van der Waals surface area (Å²) < 4.78 is 6.48. The normalized spacial score (nSPS) is 11.5. The molecular weight excluding hydrogens is 751 g/mol. The minimum atomic E-state index is 0.873. The topological polar surface area (TPSA) is 16.4 Å². The van der Waals surface area contributed by atoms with Crippen molar-refractivity contribution >= 4 is 71.3 Å². The average Bonchev–Trinajstić information content (AvgIpc) is 3.72. The molecule has 0 bridgehead atoms. The first-order chi connectivity index (χ1) is 30.8. The van der Waals surface area contributed by atoms with Crippen LogP contribution in [0.3, 0.4) is 0 Å². The summed E-state index contributed by atoms with van der Waals surface area (Å²) in [7, 11) is 0. The monoisotopic (exact) mass is 789 g/mol. The number of anilines is 3. The molecule has 0 fully saturated rings. The molecule has 0 radical (unpaired) electrons. The Morgan fingerprint density at radius 1 is 0.258 bits per heavy atom. The largest absolute Gasteiger partial charge is 0.456 e. The summed E-state index contributed by atoms with van der Waals surface area (Å²) in [5.41, 5.74) is 14.2. The van der Waals surface area contributed by atoms with Crippen LogP contribution in [0.15, 0.2) is 241 Å². The van der Waals surface area contributed by atoms with Crippen molar-refractivity contribution in [3.05, 3.63) is 237 Å². The third-order valence-corrected chi connectivity index (χ3v) is 12.5. The minimum Gasteiger partial charge on any atom is -0.456 e. The zero-order valence-electron chi connectivity index (χ0n) is 33.9. The Hall–Kier alpha value is -8.20. The highest BCUT2D eigenvalue weighted by atomic mass is 16.3. The van der Waals surface area contributed by atoms with Gasteiger partial charge in [0.15, 0.2) is 0 Å². The lowest BCUT2D eigenvalue weighted by molar-refractivity contribution is 0.669. The Kier molecular flexibility index (Phi) is 8.53. The fourth-order valence-corrected chi connectivity index (χ4v) is 9.69. The molecule has 0 N–H and O–H groups in total. The van der Waals surface area contributed by atoms with Crippen LogP contribution in [0.5, 0.6) is 0 Å². The van der Waals surface area contributed by atoms with Crippen molar-refractivity contribution in [1.82, 2.24) is 0 Å². The molecule has 11 aromatic carbocycles. The van der Waals surface area contributed by atoms with Gasteiger partial charge in [-0.1, -0.05) is 200 Å². The first kappa shape index (κ1) is 35.7. The molecule has 2 nitrogen and oxygen atoms in total. The van der Waals surface area contributed by atoms with Gasteiger partial charge in [-0.3, -0.25) is 0 Å². The number of furan rings is 1. The summed E-state index contributed by atoms with van der Waals surface area (Å²) in [6.07, 6.45) is 0. The van der Waals surface area contributed by atoms with Crippen LogP contribution in [0, 0.1) is 0 Å². The maximum Gasteiger partial charge on any atom is 0.136 e. The first-order valence-corrected chi connectivity index (χ1v) is 21.3. The van der Waals surface area contributed by atoms with Crippen molar-refractivity contribution < 1.29 is 4.42 Å². The smallest absolute Gasteiger partial charge is 0.136 e. The molecular formula is C60H39NO. The maximum atomic E-state index is 6.48. The summed E-state index contributed by atoms with van der Waals surface area (Å²) in [5.74, 6) is 0. The standard InChI is InChI=1S/C60H39NO/c1-2-17-40(18-3-1)46-27-14-20-42-21-15-30-54(60(42)46)51-25-8-12-33-57(51)61(55-31-10-6-23-45(55)43-36-38-53-52-26-9-13-34-58(52)62-59(53)39-43)56-32-11-7-24-50(56)48-29-16-28-47-44-22-5-4-19-41(44)35-37-49(47)48/h1-39H. The number of hydrogen-bond donors (Lipinski definition) is 0. The Labute approximate surface area is 360 Å². The van der Waals surface area contributed by atoms with Crippen molar-refractivity contribution in [2.24, 2.45) is 0 Å². The van der Waals surface area contributed by atoms with Gasteiger partial charge >= 0.3 is 0 Å². The number of rotatable bonds is 7. The Morgan fingerprint density at radius 3 is 1.56 bits per heavy atom. The summed E-state index contributed by atoms with van der Waals surface area (Å²) >= 11 is 0. The Bertz CT molecular complexity index is 3650. The van der Waals surface area contributed by atoms with Crippen LogP contribution in [0.25, 0.3) is 98.8 Å². The molecule has 12 aromatic rings. The van der Waals surface area contributed by atoms with Crippen LogP contribution in [0.1, 0.15) is 0 Å².